The minimum atomic E-state index is -4.04. The molecule has 14 heteroatoms. The van der Waals surface area contributed by atoms with Gasteiger partial charge in [-0.1, -0.05) is 35.9 Å². The molecule has 0 unspecified atom stereocenters. The van der Waals surface area contributed by atoms with Crippen LogP contribution >= 0.6 is 22.9 Å². The van der Waals surface area contributed by atoms with Gasteiger partial charge in [0.2, 0.25) is 0 Å². The summed E-state index contributed by atoms with van der Waals surface area (Å²) in [5.41, 5.74) is -1.30. The van der Waals surface area contributed by atoms with Crippen LogP contribution in [0.25, 0.3) is 5.57 Å². The van der Waals surface area contributed by atoms with Gasteiger partial charge in [-0.15, -0.1) is 11.3 Å². The molecule has 212 valence electrons. The Morgan fingerprint density at radius 2 is 1.93 bits per heavy atom. The number of hydrogen-bond acceptors (Lipinski definition) is 7. The van der Waals surface area contributed by atoms with Gasteiger partial charge in [0.25, 0.3) is 0 Å². The first-order valence-corrected chi connectivity index (χ1v) is 15.2. The van der Waals surface area contributed by atoms with Crippen molar-refractivity contribution in [3.63, 3.8) is 0 Å². The minimum absolute atomic E-state index is 0.0171. The third kappa shape index (κ3) is 5.17. The van der Waals surface area contributed by atoms with E-state index in [1.807, 2.05) is 0 Å². The molecule has 0 radical (unpaired) electrons. The Bertz CT molecular complexity index is 1780. The number of halogens is 5. The molecule has 1 fully saturated rings. The molecule has 0 amide bonds. The minimum Gasteiger partial charge on any atom is -0.324 e. The lowest BCUT2D eigenvalue weighted by Gasteiger charge is -2.32. The van der Waals surface area contributed by atoms with Crippen LogP contribution < -0.4 is 0 Å². The van der Waals surface area contributed by atoms with Crippen LogP contribution in [0.5, 0.6) is 0 Å². The number of hydrogen-bond donors (Lipinski definition) is 0. The van der Waals surface area contributed by atoms with Crippen molar-refractivity contribution in [2.45, 2.75) is 29.6 Å². The number of alkyl halides is 3. The normalized spacial score (nSPS) is 21.0. The number of aromatic nitrogens is 3. The molecular formula is C27H20ClF4N5O2S2. The van der Waals surface area contributed by atoms with Crippen LogP contribution in [-0.2, 0) is 9.84 Å². The lowest BCUT2D eigenvalue weighted by molar-refractivity contribution is 0.0564. The van der Waals surface area contributed by atoms with Crippen molar-refractivity contribution < 1.29 is 26.0 Å². The Morgan fingerprint density at radius 3 is 2.59 bits per heavy atom. The van der Waals surface area contributed by atoms with Crippen LogP contribution in [0.3, 0.4) is 0 Å². The summed E-state index contributed by atoms with van der Waals surface area (Å²) in [6, 6.07) is 11.6. The van der Waals surface area contributed by atoms with Crippen LogP contribution in [0.1, 0.15) is 35.3 Å². The molecule has 2 aliphatic rings. The Morgan fingerprint density at radius 1 is 1.15 bits per heavy atom. The smallest absolute Gasteiger partial charge is 0.324 e. The lowest BCUT2D eigenvalue weighted by Crippen LogP contribution is -2.39. The van der Waals surface area contributed by atoms with Crippen molar-refractivity contribution in [1.29, 1.82) is 0 Å². The summed E-state index contributed by atoms with van der Waals surface area (Å²) in [6.45, 7) is -3.31. The molecule has 4 heterocycles. The van der Waals surface area contributed by atoms with Gasteiger partial charge in [-0.2, -0.15) is 13.9 Å². The summed E-state index contributed by atoms with van der Waals surface area (Å²) in [7, 11) is -4.04. The number of fused-ring (bicyclic) bond motifs is 1. The van der Waals surface area contributed by atoms with Crippen LogP contribution in [0.2, 0.25) is 5.02 Å². The van der Waals surface area contributed by atoms with E-state index in [0.29, 0.717) is 20.9 Å². The monoisotopic (exact) mass is 621 g/mol. The number of allylic oxidation sites excluding steroid dienone is 1. The fourth-order valence-electron chi connectivity index (χ4n) is 5.17. The topological polar surface area (TPSA) is 80.4 Å². The molecule has 2 aliphatic heterocycles. The predicted octanol–water partition coefficient (Wildman–Crippen LogP) is 6.33. The van der Waals surface area contributed by atoms with Crippen LogP contribution in [0.15, 0.2) is 88.0 Å². The van der Waals surface area contributed by atoms with E-state index in [0.717, 1.165) is 12.3 Å². The quantitative estimate of drug-likeness (QED) is 0.225. The van der Waals surface area contributed by atoms with E-state index in [1.165, 1.54) is 46.6 Å². The zero-order valence-corrected chi connectivity index (χ0v) is 23.4. The van der Waals surface area contributed by atoms with E-state index < -0.39 is 39.7 Å². The maximum Gasteiger partial charge on any atom is 0.333 e. The SMILES string of the molecule is O=S(=O)(C[C@]1(F)CC2=C(c3ccn(C(F)F)n3)[C@H](c3ccc(F)cc3Cl)N=C(c3nccs3)N2C1)c1ccccc1. The second kappa shape index (κ2) is 10.4. The zero-order chi connectivity index (χ0) is 28.9. The highest BCUT2D eigenvalue weighted by Crippen LogP contribution is 2.49. The van der Waals surface area contributed by atoms with Crippen LogP contribution in [-0.4, -0.2) is 51.9 Å². The Balaban J connectivity index is 1.53. The van der Waals surface area contributed by atoms with Gasteiger partial charge in [-0.3, -0.25) is 4.99 Å². The van der Waals surface area contributed by atoms with Gasteiger partial charge in [-0.25, -0.2) is 26.9 Å². The maximum absolute atomic E-state index is 16.7. The molecule has 0 aliphatic carbocycles. The van der Waals surface area contributed by atoms with Crippen LogP contribution in [0.4, 0.5) is 17.6 Å². The first kappa shape index (κ1) is 27.6. The number of amidine groups is 1. The molecule has 0 saturated carbocycles. The van der Waals surface area contributed by atoms with Crippen molar-refractivity contribution in [1.82, 2.24) is 19.7 Å². The van der Waals surface area contributed by atoms with E-state index >= 15 is 4.39 Å². The standard InChI is InChI=1S/C27H20ClF4N5O2S2/c28-19-12-16(29)6-7-18(19)23-22(20-8-10-37(35-20)26(30)31)21-13-27(32,15-41(38,39)17-4-2-1-3-5-17)14-36(21)24(34-23)25-33-9-11-40-25/h1-12,23,26H,13-15H2/t23-,27-/m0/s1. The molecule has 0 bridgehead atoms. The fourth-order valence-corrected chi connectivity index (χ4v) is 7.69. The summed E-state index contributed by atoms with van der Waals surface area (Å²) in [6.07, 6.45) is 2.25. The number of rotatable bonds is 7. The second-order valence-electron chi connectivity index (χ2n) is 9.66. The maximum atomic E-state index is 16.7. The second-order valence-corrected chi connectivity index (χ2v) is 13.0. The number of sulfone groups is 1. The van der Waals surface area contributed by atoms with E-state index in [9.17, 15) is 21.6 Å². The van der Waals surface area contributed by atoms with Crippen molar-refractivity contribution in [2.75, 3.05) is 12.3 Å². The summed E-state index contributed by atoms with van der Waals surface area (Å²) < 4.78 is 84.7. The van der Waals surface area contributed by atoms with Gasteiger partial charge in [0, 0.05) is 46.1 Å². The largest absolute Gasteiger partial charge is 0.333 e. The van der Waals surface area contributed by atoms with Gasteiger partial charge < -0.3 is 4.90 Å². The van der Waals surface area contributed by atoms with Gasteiger partial charge in [0.1, 0.15) is 17.5 Å². The summed E-state index contributed by atoms with van der Waals surface area (Å²) in [5, 5.41) is 6.17. The molecule has 0 spiro atoms. The molecular weight excluding hydrogens is 602 g/mol. The number of nitrogens with zero attached hydrogens (tertiary/aromatic N) is 5. The predicted molar refractivity (Wildman–Crippen MR) is 147 cm³/mol. The van der Waals surface area contributed by atoms with Gasteiger partial charge >= 0.3 is 6.55 Å². The molecule has 1 saturated heterocycles. The molecule has 7 nitrogen and oxygen atoms in total. The zero-order valence-electron chi connectivity index (χ0n) is 21.0. The lowest BCUT2D eigenvalue weighted by atomic mass is 9.91. The van der Waals surface area contributed by atoms with E-state index in [1.54, 1.807) is 29.8 Å². The number of thiazole rings is 1. The molecule has 2 aromatic heterocycles. The average Bonchev–Trinajstić information content (AvgIpc) is 3.68. The fraction of sp³-hybridized carbons (Fsp3) is 0.222. The third-order valence-corrected chi connectivity index (χ3v) is 9.84. The highest BCUT2D eigenvalue weighted by molar-refractivity contribution is 7.91. The molecule has 6 rings (SSSR count). The van der Waals surface area contributed by atoms with Crippen molar-refractivity contribution >= 4 is 44.2 Å². The van der Waals surface area contributed by atoms with E-state index in [-0.39, 0.29) is 40.0 Å². The van der Waals surface area contributed by atoms with Gasteiger partial charge in [0.15, 0.2) is 20.7 Å². The Kier molecular flexibility index (Phi) is 6.99. The average molecular weight is 622 g/mol. The van der Waals surface area contributed by atoms with E-state index in [2.05, 4.69) is 10.1 Å². The Labute approximate surface area is 241 Å². The summed E-state index contributed by atoms with van der Waals surface area (Å²) in [4.78, 5) is 10.7. The molecule has 4 aromatic rings. The molecule has 2 atom stereocenters. The van der Waals surface area contributed by atoms with Crippen molar-refractivity contribution in [3.05, 3.63) is 105 Å². The number of benzene rings is 2. The summed E-state index contributed by atoms with van der Waals surface area (Å²) >= 11 is 7.68. The van der Waals surface area contributed by atoms with Crippen molar-refractivity contribution in [3.8, 4) is 0 Å². The van der Waals surface area contributed by atoms with E-state index in [4.69, 9.17) is 16.6 Å². The van der Waals surface area contributed by atoms with Crippen LogP contribution in [0, 0.1) is 5.82 Å². The number of aliphatic imine (C=N–C) groups is 1. The molecule has 0 N–H and O–H groups in total. The highest BCUT2D eigenvalue weighted by Gasteiger charge is 2.50. The highest BCUT2D eigenvalue weighted by atomic mass is 35.5. The van der Waals surface area contributed by atoms with Gasteiger partial charge in [0.05, 0.1) is 22.9 Å². The van der Waals surface area contributed by atoms with Crippen molar-refractivity contribution in [2.24, 2.45) is 4.99 Å². The molecule has 41 heavy (non-hydrogen) atoms. The first-order chi connectivity index (χ1) is 19.5. The molecule has 2 aromatic carbocycles. The van der Waals surface area contributed by atoms with Gasteiger partial charge in [-0.05, 0) is 30.3 Å². The Hall–Kier alpha value is -3.55. The summed E-state index contributed by atoms with van der Waals surface area (Å²) in [5.74, 6) is -1.16. The third-order valence-electron chi connectivity index (χ3n) is 6.86. The first-order valence-electron chi connectivity index (χ1n) is 12.3.